The fraction of sp³-hybridized carbons (Fsp3) is 0. The van der Waals surface area contributed by atoms with Gasteiger partial charge in [0.05, 0.1) is 5.56 Å². The van der Waals surface area contributed by atoms with E-state index in [-0.39, 0.29) is 11.0 Å². The van der Waals surface area contributed by atoms with Gasteiger partial charge in [-0.1, -0.05) is 12.1 Å². The van der Waals surface area contributed by atoms with Crippen molar-refractivity contribution in [3.63, 3.8) is 0 Å². The Morgan fingerprint density at radius 1 is 1.42 bits per heavy atom. The van der Waals surface area contributed by atoms with Gasteiger partial charge in [-0.25, -0.2) is 4.39 Å². The van der Waals surface area contributed by atoms with Gasteiger partial charge in [0.1, 0.15) is 11.9 Å². The van der Waals surface area contributed by atoms with E-state index in [0.717, 1.165) is 6.07 Å². The maximum atomic E-state index is 12.8. The number of halogens is 1. The molecule has 0 heterocycles. The van der Waals surface area contributed by atoms with Gasteiger partial charge in [-0.2, -0.15) is 5.26 Å². The molecule has 0 saturated heterocycles. The molecule has 0 aromatic heterocycles. The molecule has 2 N–H and O–H groups in total. The van der Waals surface area contributed by atoms with Gasteiger partial charge in [0.15, 0.2) is 0 Å². The first kappa shape index (κ1) is 8.72. The van der Waals surface area contributed by atoms with E-state index >= 15 is 0 Å². The summed E-state index contributed by atoms with van der Waals surface area (Å²) in [5.74, 6) is -0.747. The molecule has 0 saturated carbocycles. The predicted molar refractivity (Wildman–Crippen MR) is 40.9 cm³/mol. The number of nitrogens with zero attached hydrogens (tertiary/aromatic N) is 1. The lowest BCUT2D eigenvalue weighted by molar-refractivity contribution is 0.425. The number of rotatable bonds is 1. The average molecular weight is 165 g/mol. The first-order valence-corrected chi connectivity index (χ1v) is 3.21. The van der Waals surface area contributed by atoms with Crippen molar-refractivity contribution in [1.82, 2.24) is 0 Å². The topological polar surface area (TPSA) is 64.2 Å². The SMILES string of the molecule is N#Cc1c(F)cccc1B(O)O. The second-order valence-corrected chi connectivity index (χ2v) is 2.19. The summed E-state index contributed by atoms with van der Waals surface area (Å²) >= 11 is 0. The van der Waals surface area contributed by atoms with E-state index in [1.54, 1.807) is 6.07 Å². The zero-order valence-electron chi connectivity index (χ0n) is 6.03. The van der Waals surface area contributed by atoms with Gasteiger partial charge in [-0.3, -0.25) is 0 Å². The molecule has 60 valence electrons. The molecule has 1 aromatic carbocycles. The van der Waals surface area contributed by atoms with Crippen molar-refractivity contribution in [3.05, 3.63) is 29.6 Å². The Bertz CT molecular complexity index is 335. The Labute approximate surface area is 68.8 Å². The van der Waals surface area contributed by atoms with E-state index in [2.05, 4.69) is 0 Å². The van der Waals surface area contributed by atoms with Crippen LogP contribution in [0.25, 0.3) is 0 Å². The molecule has 0 aliphatic carbocycles. The highest BCUT2D eigenvalue weighted by atomic mass is 19.1. The maximum Gasteiger partial charge on any atom is 0.489 e. The van der Waals surface area contributed by atoms with Crippen LogP contribution in [0, 0.1) is 17.1 Å². The summed E-state index contributed by atoms with van der Waals surface area (Å²) in [6.07, 6.45) is 0. The van der Waals surface area contributed by atoms with E-state index in [1.807, 2.05) is 0 Å². The molecule has 1 rings (SSSR count). The Balaban J connectivity index is 3.30. The van der Waals surface area contributed by atoms with Crippen LogP contribution in [0.3, 0.4) is 0 Å². The quantitative estimate of drug-likeness (QED) is 0.544. The number of benzene rings is 1. The lowest BCUT2D eigenvalue weighted by atomic mass is 9.77. The molecule has 0 spiro atoms. The van der Waals surface area contributed by atoms with Crippen LogP contribution in [-0.2, 0) is 0 Å². The van der Waals surface area contributed by atoms with Crippen molar-refractivity contribution in [1.29, 1.82) is 5.26 Å². The Morgan fingerprint density at radius 3 is 2.50 bits per heavy atom. The molecule has 0 radical (unpaired) electrons. The molecule has 5 heteroatoms. The van der Waals surface area contributed by atoms with Crippen LogP contribution >= 0.6 is 0 Å². The number of nitriles is 1. The van der Waals surface area contributed by atoms with E-state index in [0.29, 0.717) is 0 Å². The zero-order valence-corrected chi connectivity index (χ0v) is 6.03. The lowest BCUT2D eigenvalue weighted by Crippen LogP contribution is -2.32. The molecule has 12 heavy (non-hydrogen) atoms. The summed E-state index contributed by atoms with van der Waals surface area (Å²) in [6.45, 7) is 0. The molecule has 0 atom stereocenters. The second kappa shape index (κ2) is 3.35. The van der Waals surface area contributed by atoms with Gasteiger partial charge in [0.2, 0.25) is 0 Å². The maximum absolute atomic E-state index is 12.8. The van der Waals surface area contributed by atoms with Crippen molar-refractivity contribution in [2.45, 2.75) is 0 Å². The summed E-state index contributed by atoms with van der Waals surface area (Å²) < 4.78 is 12.8. The average Bonchev–Trinajstić information content (AvgIpc) is 2.03. The molecular formula is C7H5BFNO2. The van der Waals surface area contributed by atoms with E-state index in [9.17, 15) is 4.39 Å². The van der Waals surface area contributed by atoms with Gasteiger partial charge >= 0.3 is 7.12 Å². The zero-order chi connectivity index (χ0) is 9.14. The Morgan fingerprint density at radius 2 is 2.08 bits per heavy atom. The smallest absolute Gasteiger partial charge is 0.423 e. The third-order valence-electron chi connectivity index (χ3n) is 1.44. The second-order valence-electron chi connectivity index (χ2n) is 2.19. The summed E-state index contributed by atoms with van der Waals surface area (Å²) in [7, 11) is -1.81. The van der Waals surface area contributed by atoms with Gasteiger partial charge in [-0.15, -0.1) is 0 Å². The minimum atomic E-state index is -1.81. The molecule has 3 nitrogen and oxygen atoms in total. The van der Waals surface area contributed by atoms with Crippen LogP contribution in [0.5, 0.6) is 0 Å². The van der Waals surface area contributed by atoms with Crippen LogP contribution < -0.4 is 5.46 Å². The van der Waals surface area contributed by atoms with Crippen molar-refractivity contribution >= 4 is 12.6 Å². The van der Waals surface area contributed by atoms with Crippen LogP contribution in [0.2, 0.25) is 0 Å². The molecule has 0 amide bonds. The third kappa shape index (κ3) is 1.45. The standard InChI is InChI=1S/C7H5BFNO2/c9-7-3-1-2-6(8(11)12)5(7)4-10/h1-3,11-12H. The summed E-state index contributed by atoms with van der Waals surface area (Å²) in [6, 6.07) is 5.23. The lowest BCUT2D eigenvalue weighted by Gasteiger charge is -2.01. The van der Waals surface area contributed by atoms with E-state index in [1.165, 1.54) is 12.1 Å². The minimum Gasteiger partial charge on any atom is -0.423 e. The summed E-state index contributed by atoms with van der Waals surface area (Å²) in [5, 5.41) is 25.8. The highest BCUT2D eigenvalue weighted by Gasteiger charge is 2.17. The number of hydrogen-bond acceptors (Lipinski definition) is 3. The van der Waals surface area contributed by atoms with Crippen molar-refractivity contribution in [2.75, 3.05) is 0 Å². The molecular weight excluding hydrogens is 160 g/mol. The van der Waals surface area contributed by atoms with E-state index < -0.39 is 12.9 Å². The van der Waals surface area contributed by atoms with Gasteiger partial charge < -0.3 is 10.0 Å². The molecule has 0 aliphatic rings. The Kier molecular flexibility index (Phi) is 2.43. The van der Waals surface area contributed by atoms with Gasteiger partial charge in [0, 0.05) is 5.46 Å². The summed E-state index contributed by atoms with van der Waals surface area (Å²) in [4.78, 5) is 0. The largest absolute Gasteiger partial charge is 0.489 e. The first-order chi connectivity index (χ1) is 5.66. The molecule has 0 aliphatic heterocycles. The number of hydrogen-bond donors (Lipinski definition) is 2. The summed E-state index contributed by atoms with van der Waals surface area (Å²) in [5.41, 5.74) is -0.440. The highest BCUT2D eigenvalue weighted by Crippen LogP contribution is 2.02. The fourth-order valence-corrected chi connectivity index (χ4v) is 0.874. The predicted octanol–water partition coefficient (Wildman–Crippen LogP) is -0.623. The molecule has 0 unspecified atom stereocenters. The van der Waals surface area contributed by atoms with Crippen LogP contribution in [0.1, 0.15) is 5.56 Å². The van der Waals surface area contributed by atoms with Crippen LogP contribution in [0.4, 0.5) is 4.39 Å². The van der Waals surface area contributed by atoms with Crippen molar-refractivity contribution < 1.29 is 14.4 Å². The van der Waals surface area contributed by atoms with Crippen molar-refractivity contribution in [2.24, 2.45) is 0 Å². The monoisotopic (exact) mass is 165 g/mol. The fourth-order valence-electron chi connectivity index (χ4n) is 0.874. The van der Waals surface area contributed by atoms with Gasteiger partial charge in [0.25, 0.3) is 0 Å². The third-order valence-corrected chi connectivity index (χ3v) is 1.44. The van der Waals surface area contributed by atoms with E-state index in [4.69, 9.17) is 15.3 Å². The molecule has 1 aromatic rings. The van der Waals surface area contributed by atoms with Crippen molar-refractivity contribution in [3.8, 4) is 6.07 Å². The van der Waals surface area contributed by atoms with Gasteiger partial charge in [-0.05, 0) is 6.07 Å². The van der Waals surface area contributed by atoms with Crippen LogP contribution in [0.15, 0.2) is 18.2 Å². The minimum absolute atomic E-state index is 0.113. The molecule has 0 bridgehead atoms. The Hall–Kier alpha value is -1.38. The first-order valence-electron chi connectivity index (χ1n) is 3.21. The normalized spacial score (nSPS) is 9.17. The highest BCUT2D eigenvalue weighted by molar-refractivity contribution is 6.59. The van der Waals surface area contributed by atoms with Crippen LogP contribution in [-0.4, -0.2) is 17.2 Å². The molecule has 0 fully saturated rings.